The molecule has 0 fully saturated rings. The van der Waals surface area contributed by atoms with Gasteiger partial charge < -0.3 is 4.74 Å². The van der Waals surface area contributed by atoms with Gasteiger partial charge in [0, 0.05) is 12.1 Å². The third-order valence-electron chi connectivity index (χ3n) is 1.69. The molecule has 4 nitrogen and oxygen atoms in total. The molecule has 0 saturated carbocycles. The summed E-state index contributed by atoms with van der Waals surface area (Å²) >= 11 is 0. The zero-order chi connectivity index (χ0) is 12.1. The fourth-order valence-electron chi connectivity index (χ4n) is 1.02. The first-order chi connectivity index (χ1) is 7.54. The lowest BCUT2D eigenvalue weighted by molar-refractivity contribution is -0.384. The summed E-state index contributed by atoms with van der Waals surface area (Å²) < 4.78 is 28.5. The molecule has 1 aromatic rings. The molecule has 0 bridgehead atoms. The van der Waals surface area contributed by atoms with Gasteiger partial charge in [-0.1, -0.05) is 5.92 Å². The zero-order valence-corrected chi connectivity index (χ0v) is 8.02. The number of terminal acetylenes is 1. The zero-order valence-electron chi connectivity index (χ0n) is 8.02. The van der Waals surface area contributed by atoms with Gasteiger partial charge in [-0.3, -0.25) is 10.1 Å². The maximum absolute atomic E-state index is 11.9. The van der Waals surface area contributed by atoms with Crippen molar-refractivity contribution in [1.29, 1.82) is 0 Å². The fourth-order valence-corrected chi connectivity index (χ4v) is 1.02. The van der Waals surface area contributed by atoms with Crippen molar-refractivity contribution < 1.29 is 18.4 Å². The molecular weight excluding hydrogens is 220 g/mol. The summed E-state index contributed by atoms with van der Waals surface area (Å²) in [7, 11) is 0. The van der Waals surface area contributed by atoms with Crippen LogP contribution in [-0.4, -0.2) is 18.0 Å². The Morgan fingerprint density at radius 2 is 2.25 bits per heavy atom. The number of alkyl halides is 2. The monoisotopic (exact) mass is 227 g/mol. The van der Waals surface area contributed by atoms with Gasteiger partial charge in [0.2, 0.25) is 0 Å². The average Bonchev–Trinajstić information content (AvgIpc) is 2.25. The average molecular weight is 227 g/mol. The molecule has 0 spiro atoms. The van der Waals surface area contributed by atoms with Crippen molar-refractivity contribution >= 4 is 5.69 Å². The van der Waals surface area contributed by atoms with Crippen LogP contribution in [-0.2, 0) is 0 Å². The molecule has 84 valence electrons. The van der Waals surface area contributed by atoms with E-state index in [1.807, 2.05) is 0 Å². The van der Waals surface area contributed by atoms with Crippen molar-refractivity contribution in [2.75, 3.05) is 6.61 Å². The van der Waals surface area contributed by atoms with Gasteiger partial charge in [0.15, 0.2) is 0 Å². The second-order valence-electron chi connectivity index (χ2n) is 2.78. The first kappa shape index (κ1) is 11.9. The number of nitro benzene ring substituents is 1. The van der Waals surface area contributed by atoms with Crippen molar-refractivity contribution in [1.82, 2.24) is 0 Å². The normalized spacial score (nSPS) is 9.88. The van der Waals surface area contributed by atoms with E-state index in [-0.39, 0.29) is 17.0 Å². The molecule has 6 heteroatoms. The van der Waals surface area contributed by atoms with Gasteiger partial charge in [-0.2, -0.15) is 0 Å². The molecule has 0 amide bonds. The molecule has 0 saturated heterocycles. The van der Waals surface area contributed by atoms with Crippen molar-refractivity contribution in [3.63, 3.8) is 0 Å². The van der Waals surface area contributed by atoms with E-state index in [4.69, 9.17) is 11.2 Å². The number of benzene rings is 1. The summed E-state index contributed by atoms with van der Waals surface area (Å²) in [5, 5.41) is 10.4. The number of halogens is 2. The van der Waals surface area contributed by atoms with Crippen LogP contribution in [0.2, 0.25) is 0 Å². The highest BCUT2D eigenvalue weighted by Crippen LogP contribution is 2.23. The summed E-state index contributed by atoms with van der Waals surface area (Å²) in [5.74, 6) is 2.18. The van der Waals surface area contributed by atoms with Crippen LogP contribution in [0.4, 0.5) is 14.5 Å². The lowest BCUT2D eigenvalue weighted by Crippen LogP contribution is -2.08. The van der Waals surface area contributed by atoms with Crippen LogP contribution in [0.3, 0.4) is 0 Å². The minimum absolute atomic E-state index is 0.0356. The highest BCUT2D eigenvalue weighted by atomic mass is 19.3. The van der Waals surface area contributed by atoms with Crippen LogP contribution in [0.25, 0.3) is 0 Å². The molecule has 1 rings (SSSR count). The van der Waals surface area contributed by atoms with E-state index >= 15 is 0 Å². The summed E-state index contributed by atoms with van der Waals surface area (Å²) in [5.41, 5.74) is -0.132. The van der Waals surface area contributed by atoms with E-state index in [0.29, 0.717) is 0 Å². The minimum Gasteiger partial charge on any atom is -0.486 e. The molecule has 1 aromatic carbocycles. The van der Waals surface area contributed by atoms with E-state index < -0.39 is 18.0 Å². The van der Waals surface area contributed by atoms with Gasteiger partial charge in [0.25, 0.3) is 12.1 Å². The van der Waals surface area contributed by atoms with Crippen LogP contribution in [0.15, 0.2) is 18.2 Å². The summed E-state index contributed by atoms with van der Waals surface area (Å²) in [4.78, 5) is 9.80. The van der Waals surface area contributed by atoms with Crippen molar-refractivity contribution in [3.05, 3.63) is 33.9 Å². The molecule has 0 aliphatic heterocycles. The number of ether oxygens (including phenoxy) is 1. The van der Waals surface area contributed by atoms with Crippen LogP contribution in [0, 0.1) is 22.5 Å². The Morgan fingerprint density at radius 1 is 1.56 bits per heavy atom. The second-order valence-corrected chi connectivity index (χ2v) is 2.78. The van der Waals surface area contributed by atoms with Gasteiger partial charge in [-0.15, -0.1) is 6.42 Å². The van der Waals surface area contributed by atoms with Gasteiger partial charge >= 0.3 is 0 Å². The number of hydrogen-bond acceptors (Lipinski definition) is 3. The number of rotatable bonds is 4. The number of hydrogen-bond donors (Lipinski definition) is 0. The Labute approximate surface area is 90.0 Å². The third kappa shape index (κ3) is 2.92. The number of nitro groups is 1. The fraction of sp³-hybridized carbons (Fsp3) is 0.200. The molecule has 0 atom stereocenters. The van der Waals surface area contributed by atoms with E-state index in [1.54, 1.807) is 0 Å². The van der Waals surface area contributed by atoms with Crippen molar-refractivity contribution in [2.45, 2.75) is 6.43 Å². The largest absolute Gasteiger partial charge is 0.486 e. The number of non-ortho nitro benzene ring substituents is 1. The predicted octanol–water partition coefficient (Wildman–Crippen LogP) is 2.22. The maximum Gasteiger partial charge on any atom is 0.272 e. The van der Waals surface area contributed by atoms with Gasteiger partial charge in [0.1, 0.15) is 12.4 Å². The van der Waals surface area contributed by atoms with E-state index in [9.17, 15) is 18.9 Å². The Balaban J connectivity index is 2.94. The Morgan fingerprint density at radius 3 is 2.75 bits per heavy atom. The van der Waals surface area contributed by atoms with Crippen LogP contribution >= 0.6 is 0 Å². The highest BCUT2D eigenvalue weighted by Gasteiger charge is 2.11. The topological polar surface area (TPSA) is 52.4 Å². The summed E-state index contributed by atoms with van der Waals surface area (Å²) in [6, 6.07) is 3.44. The molecule has 16 heavy (non-hydrogen) atoms. The van der Waals surface area contributed by atoms with Crippen LogP contribution in [0.5, 0.6) is 5.75 Å². The Kier molecular flexibility index (Phi) is 3.78. The molecule has 0 radical (unpaired) electrons. The summed E-state index contributed by atoms with van der Waals surface area (Å²) in [6.45, 7) is -0.799. The Hall–Kier alpha value is -2.16. The first-order valence-electron chi connectivity index (χ1n) is 4.20. The lowest BCUT2D eigenvalue weighted by atomic mass is 10.2. The third-order valence-corrected chi connectivity index (χ3v) is 1.69. The van der Waals surface area contributed by atoms with Crippen LogP contribution < -0.4 is 4.74 Å². The molecule has 0 aliphatic carbocycles. The quantitative estimate of drug-likeness (QED) is 0.450. The van der Waals surface area contributed by atoms with Crippen molar-refractivity contribution in [3.8, 4) is 18.1 Å². The van der Waals surface area contributed by atoms with Crippen LogP contribution in [0.1, 0.15) is 5.56 Å². The number of nitrogens with zero attached hydrogens (tertiary/aromatic N) is 1. The minimum atomic E-state index is -2.62. The van der Waals surface area contributed by atoms with Gasteiger partial charge in [-0.25, -0.2) is 8.78 Å². The summed E-state index contributed by atoms with van der Waals surface area (Å²) in [6.07, 6.45) is 2.46. The second kappa shape index (κ2) is 5.07. The highest BCUT2D eigenvalue weighted by molar-refractivity contribution is 5.51. The molecular formula is C10H7F2NO3. The van der Waals surface area contributed by atoms with Gasteiger partial charge in [0.05, 0.1) is 10.5 Å². The van der Waals surface area contributed by atoms with E-state index in [2.05, 4.69) is 5.92 Å². The van der Waals surface area contributed by atoms with Gasteiger partial charge in [-0.05, 0) is 6.07 Å². The molecule has 0 aliphatic rings. The predicted molar refractivity (Wildman–Crippen MR) is 52.5 cm³/mol. The SMILES string of the molecule is C#Cc1cc([N+](=O)[O-])ccc1OCC(F)F. The molecule has 0 aromatic heterocycles. The molecule has 0 N–H and O–H groups in total. The smallest absolute Gasteiger partial charge is 0.272 e. The Bertz CT molecular complexity index is 440. The molecule has 0 unspecified atom stereocenters. The maximum atomic E-state index is 11.9. The van der Waals surface area contributed by atoms with E-state index in [0.717, 1.165) is 12.1 Å². The molecule has 0 heterocycles. The van der Waals surface area contributed by atoms with E-state index in [1.165, 1.54) is 6.07 Å². The van der Waals surface area contributed by atoms with Crippen molar-refractivity contribution in [2.24, 2.45) is 0 Å². The lowest BCUT2D eigenvalue weighted by Gasteiger charge is -2.07. The first-order valence-corrected chi connectivity index (χ1v) is 4.20. The standard InChI is InChI=1S/C10H7F2NO3/c1-2-7-5-8(13(14)15)3-4-9(7)16-6-10(11)12/h1,3-5,10H,6H2.